The molecule has 0 unspecified atom stereocenters. The minimum Gasteiger partial charge on any atom is -0.452 e. The fourth-order valence-electron chi connectivity index (χ4n) is 1.86. The fraction of sp³-hybridized carbons (Fsp3) is 0.125. The highest BCUT2D eigenvalue weighted by atomic mass is 127. The van der Waals surface area contributed by atoms with Gasteiger partial charge in [0.15, 0.2) is 6.61 Å². The minimum absolute atomic E-state index is 0.279. The van der Waals surface area contributed by atoms with E-state index < -0.39 is 30.2 Å². The topological polar surface area (TPSA) is 55.4 Å². The molecule has 0 heterocycles. The lowest BCUT2D eigenvalue weighted by Crippen LogP contribution is -2.23. The molecule has 0 radical (unpaired) electrons. The van der Waals surface area contributed by atoms with E-state index >= 15 is 0 Å². The van der Waals surface area contributed by atoms with Crippen molar-refractivity contribution in [2.45, 2.75) is 6.18 Å². The van der Waals surface area contributed by atoms with E-state index in [-0.39, 0.29) is 11.3 Å². The van der Waals surface area contributed by atoms with E-state index in [1.807, 2.05) is 22.6 Å². The van der Waals surface area contributed by atoms with Gasteiger partial charge in [-0.2, -0.15) is 13.2 Å². The zero-order valence-corrected chi connectivity index (χ0v) is 14.2. The van der Waals surface area contributed by atoms with Gasteiger partial charge in [0.25, 0.3) is 5.91 Å². The van der Waals surface area contributed by atoms with Crippen molar-refractivity contribution in [2.24, 2.45) is 0 Å². The van der Waals surface area contributed by atoms with E-state index in [2.05, 4.69) is 5.32 Å². The van der Waals surface area contributed by atoms with E-state index in [0.29, 0.717) is 3.57 Å². The number of hydrogen-bond acceptors (Lipinski definition) is 3. The van der Waals surface area contributed by atoms with E-state index in [4.69, 9.17) is 4.74 Å². The molecular weight excluding hydrogens is 438 g/mol. The molecular formula is C16H11F3INO3. The third-order valence-electron chi connectivity index (χ3n) is 2.93. The Morgan fingerprint density at radius 3 is 2.33 bits per heavy atom. The van der Waals surface area contributed by atoms with Crippen molar-refractivity contribution in [3.05, 3.63) is 63.2 Å². The Kier molecular flexibility index (Phi) is 5.81. The SMILES string of the molecule is O=C(COC(=O)c1ccccc1I)Nc1ccccc1C(F)(F)F. The molecule has 0 saturated carbocycles. The van der Waals surface area contributed by atoms with Crippen molar-refractivity contribution in [2.75, 3.05) is 11.9 Å². The summed E-state index contributed by atoms with van der Waals surface area (Å²) in [5, 5.41) is 2.10. The van der Waals surface area contributed by atoms with Crippen LogP contribution in [0.15, 0.2) is 48.5 Å². The van der Waals surface area contributed by atoms with Gasteiger partial charge in [-0.15, -0.1) is 0 Å². The summed E-state index contributed by atoms with van der Waals surface area (Å²) in [6.07, 6.45) is -4.60. The average Bonchev–Trinajstić information content (AvgIpc) is 2.52. The molecule has 1 amide bonds. The largest absolute Gasteiger partial charge is 0.452 e. The number of anilines is 1. The second-order valence-corrected chi connectivity index (χ2v) is 5.81. The molecule has 24 heavy (non-hydrogen) atoms. The van der Waals surface area contributed by atoms with Gasteiger partial charge in [-0.1, -0.05) is 24.3 Å². The minimum atomic E-state index is -4.60. The number of benzene rings is 2. The van der Waals surface area contributed by atoms with Crippen LogP contribution in [0.4, 0.5) is 18.9 Å². The molecule has 0 atom stereocenters. The Morgan fingerprint density at radius 2 is 1.67 bits per heavy atom. The van der Waals surface area contributed by atoms with Crippen LogP contribution in [0.5, 0.6) is 0 Å². The number of carbonyl (C=O) groups is 2. The van der Waals surface area contributed by atoms with Crippen LogP contribution < -0.4 is 5.32 Å². The molecule has 0 aliphatic carbocycles. The number of rotatable bonds is 4. The summed E-state index contributed by atoms with van der Waals surface area (Å²) in [6.45, 7) is -0.685. The first-order chi connectivity index (χ1) is 11.3. The number of amides is 1. The normalized spacial score (nSPS) is 11.0. The van der Waals surface area contributed by atoms with E-state index in [1.165, 1.54) is 18.2 Å². The summed E-state index contributed by atoms with van der Waals surface area (Å²) in [4.78, 5) is 23.6. The molecule has 0 saturated heterocycles. The zero-order chi connectivity index (χ0) is 17.7. The van der Waals surface area contributed by atoms with Gasteiger partial charge in [0.2, 0.25) is 0 Å². The van der Waals surface area contributed by atoms with Gasteiger partial charge >= 0.3 is 12.1 Å². The monoisotopic (exact) mass is 449 g/mol. The van der Waals surface area contributed by atoms with E-state index in [1.54, 1.807) is 18.2 Å². The summed E-state index contributed by atoms with van der Waals surface area (Å²) in [7, 11) is 0. The van der Waals surface area contributed by atoms with Crippen molar-refractivity contribution in [3.63, 3.8) is 0 Å². The lowest BCUT2D eigenvalue weighted by Gasteiger charge is -2.13. The molecule has 8 heteroatoms. The Bertz CT molecular complexity index is 762. The Morgan fingerprint density at radius 1 is 1.04 bits per heavy atom. The molecule has 0 aromatic heterocycles. The van der Waals surface area contributed by atoms with Gasteiger partial charge in [0.1, 0.15) is 0 Å². The van der Waals surface area contributed by atoms with Gasteiger partial charge in [0, 0.05) is 3.57 Å². The standard InChI is InChI=1S/C16H11F3INO3/c17-16(18,19)11-6-2-4-8-13(11)21-14(22)9-24-15(23)10-5-1-3-7-12(10)20/h1-8H,9H2,(H,21,22). The van der Waals surface area contributed by atoms with Gasteiger partial charge < -0.3 is 10.1 Å². The maximum Gasteiger partial charge on any atom is 0.418 e. The molecule has 126 valence electrons. The molecule has 0 aliphatic rings. The van der Waals surface area contributed by atoms with Crippen LogP contribution in [0.2, 0.25) is 0 Å². The summed E-state index contributed by atoms with van der Waals surface area (Å²) in [5.41, 5.74) is -1.08. The van der Waals surface area contributed by atoms with Gasteiger partial charge in [-0.25, -0.2) is 4.79 Å². The Labute approximate surface area is 149 Å². The van der Waals surface area contributed by atoms with Crippen LogP contribution in [-0.2, 0) is 15.7 Å². The fourth-order valence-corrected chi connectivity index (χ4v) is 2.47. The maximum atomic E-state index is 12.8. The molecule has 2 aromatic rings. The first-order valence-electron chi connectivity index (χ1n) is 6.67. The predicted octanol–water partition coefficient (Wildman–Crippen LogP) is 4.11. The van der Waals surface area contributed by atoms with Gasteiger partial charge in [-0.05, 0) is 46.9 Å². The van der Waals surface area contributed by atoms with Gasteiger partial charge in [-0.3, -0.25) is 4.79 Å². The number of ether oxygens (including phenoxy) is 1. The third kappa shape index (κ3) is 4.70. The lowest BCUT2D eigenvalue weighted by molar-refractivity contribution is -0.137. The first-order valence-corrected chi connectivity index (χ1v) is 7.74. The van der Waals surface area contributed by atoms with Crippen molar-refractivity contribution in [3.8, 4) is 0 Å². The number of para-hydroxylation sites is 1. The lowest BCUT2D eigenvalue weighted by atomic mass is 10.1. The van der Waals surface area contributed by atoms with Gasteiger partial charge in [0.05, 0.1) is 16.8 Å². The Hall–Kier alpha value is -2.10. The van der Waals surface area contributed by atoms with Crippen molar-refractivity contribution in [1.29, 1.82) is 0 Å². The quantitative estimate of drug-likeness (QED) is 0.565. The highest BCUT2D eigenvalue weighted by molar-refractivity contribution is 14.1. The second kappa shape index (κ2) is 7.65. The van der Waals surface area contributed by atoms with Crippen molar-refractivity contribution < 1.29 is 27.5 Å². The van der Waals surface area contributed by atoms with E-state index in [9.17, 15) is 22.8 Å². The maximum absolute atomic E-state index is 12.8. The van der Waals surface area contributed by atoms with Crippen LogP contribution in [0.1, 0.15) is 15.9 Å². The zero-order valence-electron chi connectivity index (χ0n) is 12.1. The predicted molar refractivity (Wildman–Crippen MR) is 89.5 cm³/mol. The molecule has 0 spiro atoms. The molecule has 4 nitrogen and oxygen atoms in total. The molecule has 2 aromatic carbocycles. The number of halogens is 4. The molecule has 2 rings (SSSR count). The number of nitrogens with one attached hydrogen (secondary N) is 1. The number of carbonyl (C=O) groups excluding carboxylic acids is 2. The van der Waals surface area contributed by atoms with Crippen LogP contribution in [0, 0.1) is 3.57 Å². The first kappa shape index (κ1) is 18.2. The van der Waals surface area contributed by atoms with Crippen molar-refractivity contribution in [1.82, 2.24) is 0 Å². The van der Waals surface area contributed by atoms with Crippen LogP contribution in [-0.4, -0.2) is 18.5 Å². The summed E-state index contributed by atoms with van der Waals surface area (Å²) < 4.78 is 44.0. The summed E-state index contributed by atoms with van der Waals surface area (Å²) >= 11 is 1.94. The molecule has 0 fully saturated rings. The highest BCUT2D eigenvalue weighted by Gasteiger charge is 2.33. The number of alkyl halides is 3. The van der Waals surface area contributed by atoms with Crippen LogP contribution in [0.3, 0.4) is 0 Å². The molecule has 0 bridgehead atoms. The second-order valence-electron chi connectivity index (χ2n) is 4.65. The highest BCUT2D eigenvalue weighted by Crippen LogP contribution is 2.34. The Balaban J connectivity index is 2.00. The average molecular weight is 449 g/mol. The van der Waals surface area contributed by atoms with Crippen molar-refractivity contribution >= 4 is 40.2 Å². The molecule has 1 N–H and O–H groups in total. The number of esters is 1. The summed E-state index contributed by atoms with van der Waals surface area (Å²) in [6, 6.07) is 11.2. The van der Waals surface area contributed by atoms with Crippen LogP contribution >= 0.6 is 22.6 Å². The summed E-state index contributed by atoms with van der Waals surface area (Å²) in [5.74, 6) is -1.58. The van der Waals surface area contributed by atoms with E-state index in [0.717, 1.165) is 12.1 Å². The third-order valence-corrected chi connectivity index (χ3v) is 3.88. The van der Waals surface area contributed by atoms with Crippen LogP contribution in [0.25, 0.3) is 0 Å². The molecule has 0 aliphatic heterocycles. The number of hydrogen-bond donors (Lipinski definition) is 1. The smallest absolute Gasteiger partial charge is 0.418 e.